The highest BCUT2D eigenvalue weighted by Crippen LogP contribution is 2.28. The summed E-state index contributed by atoms with van der Waals surface area (Å²) < 4.78 is 5.64. The van der Waals surface area contributed by atoms with Gasteiger partial charge in [0.25, 0.3) is 0 Å². The smallest absolute Gasteiger partial charge is 0.246 e. The fourth-order valence-corrected chi connectivity index (χ4v) is 3.25. The van der Waals surface area contributed by atoms with E-state index in [1.165, 1.54) is 12.8 Å². The molecule has 3 N–H and O–H groups in total. The minimum atomic E-state index is -0.0224. The van der Waals surface area contributed by atoms with Gasteiger partial charge < -0.3 is 20.5 Å². The van der Waals surface area contributed by atoms with E-state index in [-0.39, 0.29) is 25.2 Å². The Kier molecular flexibility index (Phi) is 6.76. The number of carbonyl (C=O) groups is 1. The minimum absolute atomic E-state index is 0.0224. The maximum absolute atomic E-state index is 11.8. The SMILES string of the molecule is O=C(COC1CCNCC1)NCC1CCCCC1CO. The number of carbonyl (C=O) groups excluding carboxylic acids is 1. The van der Waals surface area contributed by atoms with Crippen LogP contribution in [0.5, 0.6) is 0 Å². The molecule has 0 aromatic heterocycles. The Bertz CT molecular complexity index is 293. The van der Waals surface area contributed by atoms with Gasteiger partial charge in [0.15, 0.2) is 0 Å². The molecule has 0 spiro atoms. The topological polar surface area (TPSA) is 70.6 Å². The summed E-state index contributed by atoms with van der Waals surface area (Å²) in [4.78, 5) is 11.8. The van der Waals surface area contributed by atoms with E-state index in [2.05, 4.69) is 10.6 Å². The Labute approximate surface area is 121 Å². The molecule has 5 heteroatoms. The van der Waals surface area contributed by atoms with Crippen molar-refractivity contribution in [3.63, 3.8) is 0 Å². The molecule has 116 valence electrons. The second kappa shape index (κ2) is 8.60. The fraction of sp³-hybridized carbons (Fsp3) is 0.933. The number of aliphatic hydroxyl groups excluding tert-OH is 1. The molecular formula is C15H28N2O3. The molecule has 1 heterocycles. The van der Waals surface area contributed by atoms with E-state index in [0.717, 1.165) is 38.8 Å². The minimum Gasteiger partial charge on any atom is -0.396 e. The van der Waals surface area contributed by atoms with Gasteiger partial charge in [0.1, 0.15) is 6.61 Å². The second-order valence-electron chi connectivity index (χ2n) is 6.05. The Morgan fingerprint density at radius 1 is 1.15 bits per heavy atom. The predicted molar refractivity (Wildman–Crippen MR) is 77.4 cm³/mol. The van der Waals surface area contributed by atoms with Gasteiger partial charge in [-0.05, 0) is 50.6 Å². The lowest BCUT2D eigenvalue weighted by molar-refractivity contribution is -0.128. The molecule has 1 saturated carbocycles. The highest BCUT2D eigenvalue weighted by atomic mass is 16.5. The normalized spacial score (nSPS) is 28.2. The zero-order chi connectivity index (χ0) is 14.2. The molecule has 5 nitrogen and oxygen atoms in total. The first-order chi connectivity index (χ1) is 9.79. The molecular weight excluding hydrogens is 256 g/mol. The Hall–Kier alpha value is -0.650. The van der Waals surface area contributed by atoms with E-state index in [1.807, 2.05) is 0 Å². The number of hydrogen-bond donors (Lipinski definition) is 3. The summed E-state index contributed by atoms with van der Waals surface area (Å²) in [5.41, 5.74) is 0. The summed E-state index contributed by atoms with van der Waals surface area (Å²) in [6.45, 7) is 3.05. The third kappa shape index (κ3) is 5.04. The molecule has 0 radical (unpaired) electrons. The number of hydrogen-bond acceptors (Lipinski definition) is 4. The van der Waals surface area contributed by atoms with Crippen molar-refractivity contribution in [2.24, 2.45) is 11.8 Å². The van der Waals surface area contributed by atoms with Gasteiger partial charge in [0.05, 0.1) is 6.10 Å². The lowest BCUT2D eigenvalue weighted by Gasteiger charge is -2.30. The van der Waals surface area contributed by atoms with Gasteiger partial charge in [-0.2, -0.15) is 0 Å². The highest BCUT2D eigenvalue weighted by Gasteiger charge is 2.24. The average molecular weight is 284 g/mol. The van der Waals surface area contributed by atoms with Crippen LogP contribution in [0.3, 0.4) is 0 Å². The molecule has 20 heavy (non-hydrogen) atoms. The lowest BCUT2D eigenvalue weighted by Crippen LogP contribution is -2.39. The van der Waals surface area contributed by atoms with Gasteiger partial charge in [-0.3, -0.25) is 4.79 Å². The first-order valence-corrected chi connectivity index (χ1v) is 7.99. The van der Waals surface area contributed by atoms with Crippen LogP contribution in [0.1, 0.15) is 38.5 Å². The van der Waals surface area contributed by atoms with E-state index in [0.29, 0.717) is 18.4 Å². The van der Waals surface area contributed by atoms with Crippen molar-refractivity contribution in [3.8, 4) is 0 Å². The van der Waals surface area contributed by atoms with E-state index >= 15 is 0 Å². The first kappa shape index (κ1) is 15.7. The zero-order valence-electron chi connectivity index (χ0n) is 12.3. The summed E-state index contributed by atoms with van der Waals surface area (Å²) in [7, 11) is 0. The van der Waals surface area contributed by atoms with Gasteiger partial charge >= 0.3 is 0 Å². The van der Waals surface area contributed by atoms with Gasteiger partial charge in [-0.25, -0.2) is 0 Å². The number of aliphatic hydroxyl groups is 1. The molecule has 2 aliphatic rings. The Balaban J connectivity index is 1.61. The van der Waals surface area contributed by atoms with E-state index in [1.54, 1.807) is 0 Å². The fourth-order valence-electron chi connectivity index (χ4n) is 3.25. The maximum Gasteiger partial charge on any atom is 0.246 e. The molecule has 0 aromatic rings. The van der Waals surface area contributed by atoms with Crippen molar-refractivity contribution in [2.45, 2.75) is 44.6 Å². The van der Waals surface area contributed by atoms with Crippen LogP contribution in [0.25, 0.3) is 0 Å². The van der Waals surface area contributed by atoms with Crippen LogP contribution in [0.15, 0.2) is 0 Å². The summed E-state index contributed by atoms with van der Waals surface area (Å²) in [5.74, 6) is 0.761. The van der Waals surface area contributed by atoms with Gasteiger partial charge in [-0.1, -0.05) is 12.8 Å². The Morgan fingerprint density at radius 3 is 2.55 bits per heavy atom. The van der Waals surface area contributed by atoms with Crippen molar-refractivity contribution in [2.75, 3.05) is 32.8 Å². The summed E-state index contributed by atoms with van der Waals surface area (Å²) in [6, 6.07) is 0. The van der Waals surface area contributed by atoms with Crippen LogP contribution in [-0.4, -0.2) is 50.0 Å². The molecule has 2 rings (SSSR count). The van der Waals surface area contributed by atoms with Gasteiger partial charge in [-0.15, -0.1) is 0 Å². The van der Waals surface area contributed by atoms with Crippen LogP contribution in [0.4, 0.5) is 0 Å². The van der Waals surface area contributed by atoms with Crippen LogP contribution >= 0.6 is 0 Å². The molecule has 0 aromatic carbocycles. The molecule has 1 amide bonds. The van der Waals surface area contributed by atoms with E-state index in [9.17, 15) is 9.90 Å². The second-order valence-corrected chi connectivity index (χ2v) is 6.05. The number of ether oxygens (including phenoxy) is 1. The van der Waals surface area contributed by atoms with E-state index in [4.69, 9.17) is 4.74 Å². The predicted octanol–water partition coefficient (Wildman–Crippen LogP) is 0.670. The van der Waals surface area contributed by atoms with Crippen molar-refractivity contribution >= 4 is 5.91 Å². The lowest BCUT2D eigenvalue weighted by atomic mass is 9.79. The highest BCUT2D eigenvalue weighted by molar-refractivity contribution is 5.77. The molecule has 2 atom stereocenters. The summed E-state index contributed by atoms with van der Waals surface area (Å²) in [5, 5.41) is 15.6. The van der Waals surface area contributed by atoms with Crippen LogP contribution in [0, 0.1) is 11.8 Å². The maximum atomic E-state index is 11.8. The van der Waals surface area contributed by atoms with Crippen molar-refractivity contribution < 1.29 is 14.6 Å². The van der Waals surface area contributed by atoms with Gasteiger partial charge in [0.2, 0.25) is 5.91 Å². The largest absolute Gasteiger partial charge is 0.396 e. The first-order valence-electron chi connectivity index (χ1n) is 7.99. The molecule has 1 aliphatic carbocycles. The van der Waals surface area contributed by atoms with Crippen molar-refractivity contribution in [1.82, 2.24) is 10.6 Å². The van der Waals surface area contributed by atoms with Crippen molar-refractivity contribution in [1.29, 1.82) is 0 Å². The molecule has 0 bridgehead atoms. The van der Waals surface area contributed by atoms with Gasteiger partial charge in [0, 0.05) is 13.2 Å². The Morgan fingerprint density at radius 2 is 1.85 bits per heavy atom. The standard InChI is InChI=1S/C15H28N2O3/c18-10-13-4-2-1-3-12(13)9-17-15(19)11-20-14-5-7-16-8-6-14/h12-14,16,18H,1-11H2,(H,17,19). The number of nitrogens with one attached hydrogen (secondary N) is 2. The molecule has 1 saturated heterocycles. The summed E-state index contributed by atoms with van der Waals surface area (Å²) in [6.07, 6.45) is 6.81. The van der Waals surface area contributed by atoms with Crippen LogP contribution in [0.2, 0.25) is 0 Å². The average Bonchev–Trinajstić information content (AvgIpc) is 2.52. The van der Waals surface area contributed by atoms with Crippen LogP contribution < -0.4 is 10.6 Å². The number of piperidine rings is 1. The third-order valence-corrected chi connectivity index (χ3v) is 4.60. The quantitative estimate of drug-likeness (QED) is 0.670. The van der Waals surface area contributed by atoms with E-state index < -0.39 is 0 Å². The van der Waals surface area contributed by atoms with Crippen LogP contribution in [-0.2, 0) is 9.53 Å². The number of amides is 1. The molecule has 2 fully saturated rings. The van der Waals surface area contributed by atoms with Crippen molar-refractivity contribution in [3.05, 3.63) is 0 Å². The third-order valence-electron chi connectivity index (χ3n) is 4.60. The summed E-state index contributed by atoms with van der Waals surface area (Å²) >= 11 is 0. The monoisotopic (exact) mass is 284 g/mol. The molecule has 1 aliphatic heterocycles. The molecule has 2 unspecified atom stereocenters. The number of rotatable bonds is 6. The zero-order valence-corrected chi connectivity index (χ0v) is 12.3.